The van der Waals surface area contributed by atoms with Gasteiger partial charge in [0.25, 0.3) is 0 Å². The van der Waals surface area contributed by atoms with Gasteiger partial charge in [-0.25, -0.2) is 0 Å². The SMILES string of the molecule is CCCn1cc(OCCNCCCOCC)cn1. The van der Waals surface area contributed by atoms with Gasteiger partial charge in [-0.15, -0.1) is 0 Å². The summed E-state index contributed by atoms with van der Waals surface area (Å²) in [4.78, 5) is 0. The fourth-order valence-electron chi connectivity index (χ4n) is 1.58. The molecule has 0 aliphatic heterocycles. The summed E-state index contributed by atoms with van der Waals surface area (Å²) < 4.78 is 12.7. The second kappa shape index (κ2) is 9.91. The van der Waals surface area contributed by atoms with Crippen LogP contribution in [-0.2, 0) is 11.3 Å². The van der Waals surface area contributed by atoms with Crippen molar-refractivity contribution in [3.05, 3.63) is 12.4 Å². The molecule has 1 rings (SSSR count). The number of hydrogen-bond acceptors (Lipinski definition) is 4. The van der Waals surface area contributed by atoms with E-state index in [1.807, 2.05) is 17.8 Å². The fourth-order valence-corrected chi connectivity index (χ4v) is 1.58. The van der Waals surface area contributed by atoms with Crippen LogP contribution in [0.3, 0.4) is 0 Å². The summed E-state index contributed by atoms with van der Waals surface area (Å²) >= 11 is 0. The molecule has 0 amide bonds. The first-order chi connectivity index (χ1) is 8.86. The van der Waals surface area contributed by atoms with Gasteiger partial charge in [-0.1, -0.05) is 6.92 Å². The second-order valence-electron chi connectivity index (χ2n) is 4.09. The first kappa shape index (κ1) is 15.0. The Morgan fingerprint density at radius 2 is 2.17 bits per heavy atom. The molecule has 0 saturated carbocycles. The quantitative estimate of drug-likeness (QED) is 0.611. The Kier molecular flexibility index (Phi) is 8.25. The number of nitrogens with zero attached hydrogens (tertiary/aromatic N) is 2. The number of aromatic nitrogens is 2. The van der Waals surface area contributed by atoms with Crippen molar-refractivity contribution in [2.45, 2.75) is 33.2 Å². The predicted octanol–water partition coefficient (Wildman–Crippen LogP) is 1.69. The third-order valence-electron chi connectivity index (χ3n) is 2.46. The van der Waals surface area contributed by atoms with E-state index >= 15 is 0 Å². The molecule has 5 nitrogen and oxygen atoms in total. The van der Waals surface area contributed by atoms with Gasteiger partial charge in [0.05, 0.1) is 12.4 Å². The van der Waals surface area contributed by atoms with Gasteiger partial charge in [-0.2, -0.15) is 5.10 Å². The van der Waals surface area contributed by atoms with Crippen molar-refractivity contribution in [3.63, 3.8) is 0 Å². The van der Waals surface area contributed by atoms with Gasteiger partial charge in [0.2, 0.25) is 0 Å². The van der Waals surface area contributed by atoms with Crippen LogP contribution in [0.5, 0.6) is 5.75 Å². The van der Waals surface area contributed by atoms with E-state index in [0.717, 1.165) is 51.4 Å². The molecule has 0 atom stereocenters. The normalized spacial score (nSPS) is 10.8. The number of aryl methyl sites for hydroxylation is 1. The van der Waals surface area contributed by atoms with E-state index in [4.69, 9.17) is 9.47 Å². The van der Waals surface area contributed by atoms with E-state index in [9.17, 15) is 0 Å². The lowest BCUT2D eigenvalue weighted by Gasteiger charge is -2.05. The molecule has 0 aromatic carbocycles. The van der Waals surface area contributed by atoms with Crippen LogP contribution in [0.2, 0.25) is 0 Å². The molecule has 1 aromatic heterocycles. The zero-order chi connectivity index (χ0) is 13.1. The van der Waals surface area contributed by atoms with Crippen LogP contribution in [0.4, 0.5) is 0 Å². The molecular weight excluding hydrogens is 230 g/mol. The van der Waals surface area contributed by atoms with Crippen LogP contribution in [-0.4, -0.2) is 42.7 Å². The van der Waals surface area contributed by atoms with Gasteiger partial charge in [0.1, 0.15) is 6.61 Å². The molecule has 0 spiro atoms. The Morgan fingerprint density at radius 3 is 2.94 bits per heavy atom. The molecule has 104 valence electrons. The Balaban J connectivity index is 1.96. The largest absolute Gasteiger partial charge is 0.489 e. The van der Waals surface area contributed by atoms with Crippen LogP contribution >= 0.6 is 0 Å². The van der Waals surface area contributed by atoms with Crippen LogP contribution < -0.4 is 10.1 Å². The summed E-state index contributed by atoms with van der Waals surface area (Å²) in [5.74, 6) is 0.847. The molecule has 1 N–H and O–H groups in total. The van der Waals surface area contributed by atoms with Gasteiger partial charge >= 0.3 is 0 Å². The molecule has 0 aliphatic rings. The highest BCUT2D eigenvalue weighted by atomic mass is 16.5. The second-order valence-corrected chi connectivity index (χ2v) is 4.09. The highest BCUT2D eigenvalue weighted by Gasteiger charge is 1.98. The zero-order valence-corrected chi connectivity index (χ0v) is 11.5. The number of ether oxygens (including phenoxy) is 2. The first-order valence-electron chi connectivity index (χ1n) is 6.80. The predicted molar refractivity (Wildman–Crippen MR) is 72.0 cm³/mol. The van der Waals surface area contributed by atoms with Gasteiger partial charge in [0.15, 0.2) is 5.75 Å². The summed E-state index contributed by atoms with van der Waals surface area (Å²) in [6.07, 6.45) is 5.84. The minimum atomic E-state index is 0.673. The minimum absolute atomic E-state index is 0.673. The lowest BCUT2D eigenvalue weighted by molar-refractivity contribution is 0.144. The summed E-state index contributed by atoms with van der Waals surface area (Å²) in [6, 6.07) is 0. The molecule has 18 heavy (non-hydrogen) atoms. The van der Waals surface area contributed by atoms with Crippen LogP contribution in [0, 0.1) is 0 Å². The molecule has 0 saturated heterocycles. The van der Waals surface area contributed by atoms with E-state index in [2.05, 4.69) is 17.3 Å². The summed E-state index contributed by atoms with van der Waals surface area (Å²) in [5.41, 5.74) is 0. The van der Waals surface area contributed by atoms with Gasteiger partial charge in [0, 0.05) is 26.3 Å². The van der Waals surface area contributed by atoms with Gasteiger partial charge < -0.3 is 14.8 Å². The van der Waals surface area contributed by atoms with E-state index < -0.39 is 0 Å². The summed E-state index contributed by atoms with van der Waals surface area (Å²) in [5, 5.41) is 7.52. The van der Waals surface area contributed by atoms with E-state index in [0.29, 0.717) is 6.61 Å². The van der Waals surface area contributed by atoms with Crippen molar-refractivity contribution in [1.82, 2.24) is 15.1 Å². The van der Waals surface area contributed by atoms with E-state index in [-0.39, 0.29) is 0 Å². The van der Waals surface area contributed by atoms with Crippen molar-refractivity contribution >= 4 is 0 Å². The lowest BCUT2D eigenvalue weighted by Crippen LogP contribution is -2.22. The highest BCUT2D eigenvalue weighted by Crippen LogP contribution is 2.07. The lowest BCUT2D eigenvalue weighted by atomic mass is 10.4. The van der Waals surface area contributed by atoms with Crippen molar-refractivity contribution < 1.29 is 9.47 Å². The highest BCUT2D eigenvalue weighted by molar-refractivity contribution is 5.11. The molecule has 1 heterocycles. The summed E-state index contributed by atoms with van der Waals surface area (Å²) in [6.45, 7) is 9.21. The summed E-state index contributed by atoms with van der Waals surface area (Å²) in [7, 11) is 0. The van der Waals surface area contributed by atoms with Gasteiger partial charge in [-0.05, 0) is 26.3 Å². The molecule has 0 bridgehead atoms. The number of hydrogen-bond donors (Lipinski definition) is 1. The topological polar surface area (TPSA) is 48.3 Å². The van der Waals surface area contributed by atoms with Crippen molar-refractivity contribution in [3.8, 4) is 5.75 Å². The standard InChI is InChI=1S/C13H25N3O2/c1-3-8-16-12-13(11-15-16)18-10-7-14-6-5-9-17-4-2/h11-12,14H,3-10H2,1-2H3. The minimum Gasteiger partial charge on any atom is -0.489 e. The Hall–Kier alpha value is -1.07. The molecule has 0 aliphatic carbocycles. The van der Waals surface area contributed by atoms with Crippen LogP contribution in [0.15, 0.2) is 12.4 Å². The van der Waals surface area contributed by atoms with Crippen molar-refractivity contribution in [2.75, 3.05) is 32.9 Å². The molecule has 1 aromatic rings. The first-order valence-corrected chi connectivity index (χ1v) is 6.80. The zero-order valence-electron chi connectivity index (χ0n) is 11.5. The number of rotatable bonds is 11. The average Bonchev–Trinajstić information content (AvgIpc) is 2.81. The Bertz CT molecular complexity index is 302. The maximum Gasteiger partial charge on any atom is 0.157 e. The molecule has 0 unspecified atom stereocenters. The fraction of sp³-hybridized carbons (Fsp3) is 0.769. The average molecular weight is 255 g/mol. The van der Waals surface area contributed by atoms with Gasteiger partial charge in [-0.3, -0.25) is 4.68 Å². The molecule has 5 heteroatoms. The molecule has 0 radical (unpaired) electrons. The monoisotopic (exact) mass is 255 g/mol. The molecule has 0 fully saturated rings. The third kappa shape index (κ3) is 6.61. The Labute approximate surface area is 109 Å². The maximum atomic E-state index is 5.58. The Morgan fingerprint density at radius 1 is 1.28 bits per heavy atom. The van der Waals surface area contributed by atoms with Crippen molar-refractivity contribution in [1.29, 1.82) is 0 Å². The number of nitrogens with one attached hydrogen (secondary N) is 1. The smallest absolute Gasteiger partial charge is 0.157 e. The van der Waals surface area contributed by atoms with Crippen molar-refractivity contribution in [2.24, 2.45) is 0 Å². The van der Waals surface area contributed by atoms with E-state index in [1.54, 1.807) is 6.20 Å². The third-order valence-corrected chi connectivity index (χ3v) is 2.46. The molecular formula is C13H25N3O2. The van der Waals surface area contributed by atoms with Crippen LogP contribution in [0.1, 0.15) is 26.7 Å². The van der Waals surface area contributed by atoms with E-state index in [1.165, 1.54) is 0 Å². The maximum absolute atomic E-state index is 5.58. The van der Waals surface area contributed by atoms with Crippen LogP contribution in [0.25, 0.3) is 0 Å².